The molecule has 1 amide bonds. The van der Waals surface area contributed by atoms with Gasteiger partial charge in [0.15, 0.2) is 0 Å². The summed E-state index contributed by atoms with van der Waals surface area (Å²) in [4.78, 5) is 40.7. The van der Waals surface area contributed by atoms with Crippen LogP contribution in [-0.4, -0.2) is 40.5 Å². The SMILES string of the molecule is CCOC(=O)C1CCc2c(sc3ncnc(Nc4cc5c(s4)C(=O)N(Cc4ccc(OC)cc4)C54CCCCC4)c23)C1. The fraction of sp³-hybridized carbons (Fsp3) is 0.438. The average Bonchev–Trinajstić information content (AvgIpc) is 3.66. The van der Waals surface area contributed by atoms with Gasteiger partial charge < -0.3 is 19.7 Å². The van der Waals surface area contributed by atoms with Crippen LogP contribution >= 0.6 is 22.7 Å². The van der Waals surface area contributed by atoms with E-state index in [1.165, 1.54) is 28.2 Å². The zero-order chi connectivity index (χ0) is 28.8. The fourth-order valence-corrected chi connectivity index (χ4v) is 9.38. The molecule has 0 saturated heterocycles. The van der Waals surface area contributed by atoms with Crippen molar-refractivity contribution in [3.63, 3.8) is 0 Å². The smallest absolute Gasteiger partial charge is 0.309 e. The summed E-state index contributed by atoms with van der Waals surface area (Å²) in [5.74, 6) is 1.49. The summed E-state index contributed by atoms with van der Waals surface area (Å²) in [6.07, 6.45) is 9.24. The standard InChI is InChI=1S/C32H34N4O4S2/c1-3-40-31(38)20-9-12-22-24(15-20)41-29-26(22)28(33-18-34-29)35-25-16-23-27(42-25)30(37)36(32(23)13-5-4-6-14-32)17-19-7-10-21(39-2)11-8-19/h7-8,10-11,16,18,20H,3-6,9,12-15,17H2,1-2H3,(H,33,34,35). The summed E-state index contributed by atoms with van der Waals surface area (Å²) in [6, 6.07) is 10.2. The number of hydrogen-bond donors (Lipinski definition) is 1. The van der Waals surface area contributed by atoms with E-state index in [1.807, 2.05) is 19.1 Å². The molecule has 42 heavy (non-hydrogen) atoms. The third-order valence-electron chi connectivity index (χ3n) is 9.08. The Morgan fingerprint density at radius 3 is 2.71 bits per heavy atom. The first-order valence-electron chi connectivity index (χ1n) is 14.8. The van der Waals surface area contributed by atoms with Crippen molar-refractivity contribution in [2.45, 2.75) is 70.4 Å². The molecule has 1 spiro atoms. The molecule has 8 nitrogen and oxygen atoms in total. The average molecular weight is 603 g/mol. The summed E-state index contributed by atoms with van der Waals surface area (Å²) < 4.78 is 10.6. The number of rotatable bonds is 7. The zero-order valence-corrected chi connectivity index (χ0v) is 25.5. The highest BCUT2D eigenvalue weighted by Crippen LogP contribution is 2.53. The molecule has 1 fully saturated rings. The molecule has 3 aromatic heterocycles. The van der Waals surface area contributed by atoms with E-state index in [0.29, 0.717) is 19.6 Å². The Morgan fingerprint density at radius 1 is 1.14 bits per heavy atom. The van der Waals surface area contributed by atoms with Crippen LogP contribution in [0.1, 0.15) is 76.7 Å². The van der Waals surface area contributed by atoms with Crippen LogP contribution in [-0.2, 0) is 34.5 Å². The Kier molecular flexibility index (Phi) is 7.14. The molecule has 4 aromatic rings. The van der Waals surface area contributed by atoms with Gasteiger partial charge in [0.1, 0.15) is 22.7 Å². The van der Waals surface area contributed by atoms with Crippen molar-refractivity contribution in [1.82, 2.24) is 14.9 Å². The zero-order valence-electron chi connectivity index (χ0n) is 23.9. The summed E-state index contributed by atoms with van der Waals surface area (Å²) in [5, 5.41) is 5.55. The van der Waals surface area contributed by atoms with E-state index < -0.39 is 0 Å². The molecule has 7 rings (SSSR count). The van der Waals surface area contributed by atoms with Gasteiger partial charge in [0.2, 0.25) is 0 Å². The Labute approximate surface area is 253 Å². The highest BCUT2D eigenvalue weighted by molar-refractivity contribution is 7.19. The highest BCUT2D eigenvalue weighted by Gasteiger charge is 2.51. The number of methoxy groups -OCH3 is 1. The molecule has 10 heteroatoms. The predicted octanol–water partition coefficient (Wildman–Crippen LogP) is 6.99. The number of hydrogen-bond acceptors (Lipinski definition) is 9. The van der Waals surface area contributed by atoms with Crippen LogP contribution in [0.25, 0.3) is 10.2 Å². The lowest BCUT2D eigenvalue weighted by Crippen LogP contribution is -2.44. The third-order valence-corrected chi connectivity index (χ3v) is 11.3. The normalized spacial score (nSPS) is 19.1. The van der Waals surface area contributed by atoms with Gasteiger partial charge in [-0.3, -0.25) is 9.59 Å². The van der Waals surface area contributed by atoms with Gasteiger partial charge >= 0.3 is 5.97 Å². The second-order valence-electron chi connectivity index (χ2n) is 11.4. The monoisotopic (exact) mass is 602 g/mol. The lowest BCUT2D eigenvalue weighted by Gasteiger charge is -2.42. The molecule has 1 aromatic carbocycles. The van der Waals surface area contributed by atoms with E-state index in [-0.39, 0.29) is 23.3 Å². The first-order valence-corrected chi connectivity index (χ1v) is 16.4. The lowest BCUT2D eigenvalue weighted by atomic mass is 9.77. The van der Waals surface area contributed by atoms with Crippen molar-refractivity contribution >= 4 is 55.6 Å². The van der Waals surface area contributed by atoms with Crippen molar-refractivity contribution in [2.75, 3.05) is 19.0 Å². The van der Waals surface area contributed by atoms with Gasteiger partial charge in [-0.1, -0.05) is 31.4 Å². The lowest BCUT2D eigenvalue weighted by molar-refractivity contribution is -0.148. The number of anilines is 2. The predicted molar refractivity (Wildman–Crippen MR) is 165 cm³/mol. The molecule has 1 aliphatic heterocycles. The van der Waals surface area contributed by atoms with Gasteiger partial charge in [0.05, 0.1) is 40.4 Å². The van der Waals surface area contributed by atoms with Gasteiger partial charge in [0.25, 0.3) is 5.91 Å². The number of nitrogens with one attached hydrogen (secondary N) is 1. The molecule has 1 saturated carbocycles. The van der Waals surface area contributed by atoms with Crippen molar-refractivity contribution in [1.29, 1.82) is 0 Å². The van der Waals surface area contributed by atoms with Crippen LogP contribution in [0.15, 0.2) is 36.7 Å². The number of aryl methyl sites for hydroxylation is 1. The fourth-order valence-electron chi connectivity index (χ4n) is 7.02. The van der Waals surface area contributed by atoms with Gasteiger partial charge in [-0.05, 0) is 68.4 Å². The Hall–Kier alpha value is -3.50. The number of amides is 1. The highest BCUT2D eigenvalue weighted by atomic mass is 32.1. The van der Waals surface area contributed by atoms with E-state index in [1.54, 1.807) is 24.8 Å². The van der Waals surface area contributed by atoms with Crippen LogP contribution in [0.5, 0.6) is 5.75 Å². The molecule has 1 N–H and O–H groups in total. The number of aromatic nitrogens is 2. The van der Waals surface area contributed by atoms with Gasteiger partial charge in [-0.15, -0.1) is 22.7 Å². The van der Waals surface area contributed by atoms with Crippen molar-refractivity contribution in [3.8, 4) is 5.75 Å². The van der Waals surface area contributed by atoms with E-state index >= 15 is 0 Å². The number of thiophene rings is 2. The number of carbonyl (C=O) groups excluding carboxylic acids is 2. The van der Waals surface area contributed by atoms with Crippen molar-refractivity contribution in [2.24, 2.45) is 5.92 Å². The Balaban J connectivity index is 1.19. The van der Waals surface area contributed by atoms with Crippen molar-refractivity contribution in [3.05, 3.63) is 63.1 Å². The number of ether oxygens (including phenoxy) is 2. The molecular weight excluding hydrogens is 569 g/mol. The maximum absolute atomic E-state index is 14.0. The largest absolute Gasteiger partial charge is 0.497 e. The van der Waals surface area contributed by atoms with E-state index in [2.05, 4.69) is 38.4 Å². The van der Waals surface area contributed by atoms with E-state index in [9.17, 15) is 9.59 Å². The second-order valence-corrected chi connectivity index (χ2v) is 13.5. The van der Waals surface area contributed by atoms with Crippen LogP contribution < -0.4 is 10.1 Å². The van der Waals surface area contributed by atoms with Crippen LogP contribution in [0.2, 0.25) is 0 Å². The summed E-state index contributed by atoms with van der Waals surface area (Å²) >= 11 is 3.18. The van der Waals surface area contributed by atoms with Gasteiger partial charge in [-0.25, -0.2) is 9.97 Å². The number of esters is 1. The molecule has 4 heterocycles. The molecule has 218 valence electrons. The molecule has 2 aliphatic carbocycles. The Bertz CT molecular complexity index is 1650. The second kappa shape index (κ2) is 11.0. The van der Waals surface area contributed by atoms with Gasteiger partial charge in [-0.2, -0.15) is 0 Å². The number of carbonyl (C=O) groups is 2. The molecular formula is C32H34N4O4S2. The van der Waals surface area contributed by atoms with Crippen LogP contribution in [0.4, 0.5) is 10.8 Å². The maximum atomic E-state index is 14.0. The molecule has 0 radical (unpaired) electrons. The first-order chi connectivity index (χ1) is 20.5. The third kappa shape index (κ3) is 4.55. The minimum atomic E-state index is -0.272. The maximum Gasteiger partial charge on any atom is 0.309 e. The summed E-state index contributed by atoms with van der Waals surface area (Å²) in [6.45, 7) is 2.84. The topological polar surface area (TPSA) is 93.7 Å². The first kappa shape index (κ1) is 27.3. The molecule has 0 bridgehead atoms. The summed E-state index contributed by atoms with van der Waals surface area (Å²) in [5.41, 5.74) is 3.22. The quantitative estimate of drug-likeness (QED) is 0.228. The van der Waals surface area contributed by atoms with Crippen molar-refractivity contribution < 1.29 is 19.1 Å². The minimum absolute atomic E-state index is 0.103. The Morgan fingerprint density at radius 2 is 1.95 bits per heavy atom. The van der Waals surface area contributed by atoms with E-state index in [0.717, 1.165) is 81.3 Å². The molecule has 3 aliphatic rings. The minimum Gasteiger partial charge on any atom is -0.497 e. The summed E-state index contributed by atoms with van der Waals surface area (Å²) in [7, 11) is 1.67. The molecule has 1 atom stereocenters. The van der Waals surface area contributed by atoms with Gasteiger partial charge in [0, 0.05) is 17.0 Å². The van der Waals surface area contributed by atoms with Crippen LogP contribution in [0.3, 0.4) is 0 Å². The molecule has 1 unspecified atom stereocenters. The number of fused-ring (bicyclic) bond motifs is 5. The number of nitrogens with zero attached hydrogens (tertiary/aromatic N) is 3. The van der Waals surface area contributed by atoms with E-state index in [4.69, 9.17) is 9.47 Å². The van der Waals surface area contributed by atoms with Crippen LogP contribution in [0, 0.1) is 5.92 Å². The number of benzene rings is 1.